The van der Waals surface area contributed by atoms with Gasteiger partial charge in [0.05, 0.1) is 13.3 Å². The highest BCUT2D eigenvalue weighted by Crippen LogP contribution is 2.04. The summed E-state index contributed by atoms with van der Waals surface area (Å²) in [6.45, 7) is 1.88. The fourth-order valence-electron chi connectivity index (χ4n) is 0.754. The molecule has 4 nitrogen and oxygen atoms in total. The van der Waals surface area contributed by atoms with Crippen LogP contribution in [0.2, 0.25) is 0 Å². The first-order valence-electron chi connectivity index (χ1n) is 3.50. The molecule has 0 fully saturated rings. The van der Waals surface area contributed by atoms with Gasteiger partial charge in [0.1, 0.15) is 0 Å². The van der Waals surface area contributed by atoms with Crippen LogP contribution < -0.4 is 0 Å². The Balaban J connectivity index is 2.69. The molecule has 4 heteroatoms. The summed E-state index contributed by atoms with van der Waals surface area (Å²) in [4.78, 5) is 10.7. The third-order valence-electron chi connectivity index (χ3n) is 1.47. The zero-order valence-electron chi connectivity index (χ0n) is 7.00. The van der Waals surface area contributed by atoms with Gasteiger partial charge in [-0.1, -0.05) is 0 Å². The van der Waals surface area contributed by atoms with Gasteiger partial charge in [-0.3, -0.25) is 5.10 Å². The van der Waals surface area contributed by atoms with E-state index in [4.69, 9.17) is 0 Å². The lowest BCUT2D eigenvalue weighted by Crippen LogP contribution is -1.93. The summed E-state index contributed by atoms with van der Waals surface area (Å²) in [6.07, 6.45) is 4.66. The average molecular weight is 166 g/mol. The minimum atomic E-state index is -0.365. The molecule has 12 heavy (non-hydrogen) atoms. The molecule has 0 aliphatic carbocycles. The monoisotopic (exact) mass is 166 g/mol. The molecule has 1 rings (SSSR count). The number of hydrogen-bond donors (Lipinski definition) is 1. The highest BCUT2D eigenvalue weighted by molar-refractivity contribution is 5.86. The maximum absolute atomic E-state index is 10.7. The molecule has 0 atom stereocenters. The van der Waals surface area contributed by atoms with E-state index in [1.807, 2.05) is 6.92 Å². The highest BCUT2D eigenvalue weighted by Gasteiger charge is 1.96. The molecule has 0 radical (unpaired) electrons. The van der Waals surface area contributed by atoms with Crippen molar-refractivity contribution in [2.75, 3.05) is 7.11 Å². The molecule has 0 aliphatic heterocycles. The van der Waals surface area contributed by atoms with Gasteiger partial charge in [0.25, 0.3) is 0 Å². The summed E-state index contributed by atoms with van der Waals surface area (Å²) in [5.41, 5.74) is 1.82. The van der Waals surface area contributed by atoms with E-state index < -0.39 is 0 Å². The van der Waals surface area contributed by atoms with E-state index >= 15 is 0 Å². The summed E-state index contributed by atoms with van der Waals surface area (Å²) in [7, 11) is 1.34. The number of H-pyrrole nitrogens is 1. The van der Waals surface area contributed by atoms with E-state index in [1.54, 1.807) is 12.3 Å². The van der Waals surface area contributed by atoms with Crippen LogP contribution in [-0.4, -0.2) is 23.3 Å². The van der Waals surface area contributed by atoms with Gasteiger partial charge in [0.15, 0.2) is 0 Å². The molecular weight excluding hydrogens is 156 g/mol. The van der Waals surface area contributed by atoms with Crippen LogP contribution in [-0.2, 0) is 9.53 Å². The van der Waals surface area contributed by atoms with Crippen molar-refractivity contribution in [1.29, 1.82) is 0 Å². The van der Waals surface area contributed by atoms with E-state index in [0.717, 1.165) is 11.3 Å². The molecule has 0 aliphatic rings. The molecule has 0 aromatic carbocycles. The van der Waals surface area contributed by atoms with Crippen LogP contribution in [0.5, 0.6) is 0 Å². The Morgan fingerprint density at radius 1 is 1.75 bits per heavy atom. The van der Waals surface area contributed by atoms with E-state index in [-0.39, 0.29) is 5.97 Å². The molecule has 64 valence electrons. The number of ether oxygens (including phenoxy) is 1. The zero-order valence-corrected chi connectivity index (χ0v) is 7.00. The number of aromatic nitrogens is 2. The Kier molecular flexibility index (Phi) is 2.63. The number of esters is 1. The first kappa shape index (κ1) is 8.52. The van der Waals surface area contributed by atoms with Crippen molar-refractivity contribution in [3.63, 3.8) is 0 Å². The summed E-state index contributed by atoms with van der Waals surface area (Å²) in [5, 5.41) is 6.55. The molecule has 0 bridgehead atoms. The van der Waals surface area contributed by atoms with Gasteiger partial charge in [-0.15, -0.1) is 0 Å². The zero-order chi connectivity index (χ0) is 8.97. The lowest BCUT2D eigenvalue weighted by Gasteiger charge is -1.89. The van der Waals surface area contributed by atoms with Gasteiger partial charge in [-0.05, 0) is 13.0 Å². The van der Waals surface area contributed by atoms with Crippen molar-refractivity contribution in [1.82, 2.24) is 10.2 Å². The van der Waals surface area contributed by atoms with Crippen LogP contribution in [0, 0.1) is 6.92 Å². The number of carbonyl (C=O) groups excluding carboxylic acids is 1. The van der Waals surface area contributed by atoms with Crippen molar-refractivity contribution in [3.8, 4) is 0 Å². The SMILES string of the molecule is COC(=O)C=Cc1cn[nH]c1C. The van der Waals surface area contributed by atoms with Crippen molar-refractivity contribution in [2.24, 2.45) is 0 Å². The summed E-state index contributed by atoms with van der Waals surface area (Å²) >= 11 is 0. The molecule has 1 aromatic rings. The van der Waals surface area contributed by atoms with E-state index in [0.29, 0.717) is 0 Å². The molecule has 0 spiro atoms. The topological polar surface area (TPSA) is 55.0 Å². The number of hydrogen-bond acceptors (Lipinski definition) is 3. The van der Waals surface area contributed by atoms with Crippen LogP contribution in [0.15, 0.2) is 12.3 Å². The maximum atomic E-state index is 10.7. The largest absolute Gasteiger partial charge is 0.466 e. The second kappa shape index (κ2) is 3.71. The molecule has 0 amide bonds. The predicted molar refractivity (Wildman–Crippen MR) is 44.4 cm³/mol. The third kappa shape index (κ3) is 1.95. The normalized spacial score (nSPS) is 10.5. The first-order valence-corrected chi connectivity index (χ1v) is 3.50. The van der Waals surface area contributed by atoms with Gasteiger partial charge >= 0.3 is 5.97 Å². The fraction of sp³-hybridized carbons (Fsp3) is 0.250. The van der Waals surface area contributed by atoms with Gasteiger partial charge in [-0.2, -0.15) is 5.10 Å². The molecule has 1 heterocycles. The summed E-state index contributed by atoms with van der Waals surface area (Å²) in [5.74, 6) is -0.365. The number of aromatic amines is 1. The number of methoxy groups -OCH3 is 1. The van der Waals surface area contributed by atoms with Crippen LogP contribution in [0.25, 0.3) is 6.08 Å². The summed E-state index contributed by atoms with van der Waals surface area (Å²) in [6, 6.07) is 0. The first-order chi connectivity index (χ1) is 5.74. The number of nitrogens with one attached hydrogen (secondary N) is 1. The minimum absolute atomic E-state index is 0.365. The van der Waals surface area contributed by atoms with Crippen molar-refractivity contribution in [3.05, 3.63) is 23.5 Å². The molecule has 1 aromatic heterocycles. The van der Waals surface area contributed by atoms with Crippen LogP contribution in [0.3, 0.4) is 0 Å². The average Bonchev–Trinajstić information content (AvgIpc) is 2.47. The fourth-order valence-corrected chi connectivity index (χ4v) is 0.754. The molecule has 0 saturated heterocycles. The smallest absolute Gasteiger partial charge is 0.330 e. The van der Waals surface area contributed by atoms with Crippen molar-refractivity contribution < 1.29 is 9.53 Å². The lowest BCUT2D eigenvalue weighted by molar-refractivity contribution is -0.134. The van der Waals surface area contributed by atoms with Gasteiger partial charge < -0.3 is 4.74 Å². The van der Waals surface area contributed by atoms with Gasteiger partial charge in [-0.25, -0.2) is 4.79 Å². The Labute approximate surface area is 70.2 Å². The van der Waals surface area contributed by atoms with Crippen molar-refractivity contribution >= 4 is 12.0 Å². The lowest BCUT2D eigenvalue weighted by atomic mass is 10.2. The Hall–Kier alpha value is -1.58. The number of carbonyl (C=O) groups is 1. The molecule has 0 unspecified atom stereocenters. The number of nitrogens with zero attached hydrogens (tertiary/aromatic N) is 1. The predicted octanol–water partition coefficient (Wildman–Crippen LogP) is 0.904. The molecule has 1 N–H and O–H groups in total. The number of rotatable bonds is 2. The molecule has 0 saturated carbocycles. The van der Waals surface area contributed by atoms with E-state index in [1.165, 1.54) is 13.2 Å². The van der Waals surface area contributed by atoms with E-state index in [9.17, 15) is 4.79 Å². The number of aryl methyl sites for hydroxylation is 1. The maximum Gasteiger partial charge on any atom is 0.330 e. The highest BCUT2D eigenvalue weighted by atomic mass is 16.5. The van der Waals surface area contributed by atoms with Crippen molar-refractivity contribution in [2.45, 2.75) is 6.92 Å². The third-order valence-corrected chi connectivity index (χ3v) is 1.47. The minimum Gasteiger partial charge on any atom is -0.466 e. The molecular formula is C8H10N2O2. The second-order valence-corrected chi connectivity index (χ2v) is 2.31. The Morgan fingerprint density at radius 2 is 2.50 bits per heavy atom. The van der Waals surface area contributed by atoms with Crippen LogP contribution >= 0.6 is 0 Å². The summed E-state index contributed by atoms with van der Waals surface area (Å²) < 4.78 is 4.43. The van der Waals surface area contributed by atoms with Gasteiger partial charge in [0, 0.05) is 17.3 Å². The van der Waals surface area contributed by atoms with Gasteiger partial charge in [0.2, 0.25) is 0 Å². The standard InChI is InChI=1S/C8H10N2O2/c1-6-7(5-9-10-6)3-4-8(11)12-2/h3-5H,1-2H3,(H,9,10). The Morgan fingerprint density at radius 3 is 3.00 bits per heavy atom. The van der Waals surface area contributed by atoms with Crippen LogP contribution in [0.1, 0.15) is 11.3 Å². The Bertz CT molecular complexity index is 302. The quantitative estimate of drug-likeness (QED) is 0.524. The second-order valence-electron chi connectivity index (χ2n) is 2.31. The van der Waals surface area contributed by atoms with Crippen LogP contribution in [0.4, 0.5) is 0 Å². The van der Waals surface area contributed by atoms with E-state index in [2.05, 4.69) is 14.9 Å².